The van der Waals surface area contributed by atoms with Crippen LogP contribution in [0.1, 0.15) is 11.1 Å². The molecule has 5 heterocycles. The lowest BCUT2D eigenvalue weighted by molar-refractivity contribution is 0.418. The molecular weight excluding hydrogens is 688 g/mol. The molecule has 2 N–H and O–H groups in total. The van der Waals surface area contributed by atoms with Crippen molar-refractivity contribution in [1.29, 1.82) is 0 Å². The third-order valence-electron chi connectivity index (χ3n) is 6.90. The highest BCUT2D eigenvalue weighted by atomic mass is 19.1. The summed E-state index contributed by atoms with van der Waals surface area (Å²) in [5.41, 5.74) is -1.33. The van der Waals surface area contributed by atoms with Crippen molar-refractivity contribution in [1.82, 2.24) is 49.6 Å². The van der Waals surface area contributed by atoms with Crippen molar-refractivity contribution in [3.05, 3.63) is 145 Å². The van der Waals surface area contributed by atoms with Crippen LogP contribution in [0.2, 0.25) is 0 Å². The van der Waals surface area contributed by atoms with Crippen LogP contribution in [0.15, 0.2) is 81.4 Å². The average molecular weight is 706 g/mol. The first kappa shape index (κ1) is 33.7. The number of hydrogen-bond acceptors (Lipinski definition) is 9. The number of hydrogen-bond donors (Lipinski definition) is 2. The Morgan fingerprint density at radius 1 is 0.686 bits per heavy atom. The highest BCUT2D eigenvalue weighted by Crippen LogP contribution is 2.24. The van der Waals surface area contributed by atoms with Crippen LogP contribution in [-0.4, -0.2) is 49.6 Å². The van der Waals surface area contributed by atoms with Crippen molar-refractivity contribution in [3.8, 4) is 34.6 Å². The minimum Gasteiger partial charge on any atom is -0.362 e. The van der Waals surface area contributed by atoms with Gasteiger partial charge in [0.2, 0.25) is 23.9 Å². The normalized spacial score (nSPS) is 10.8. The quantitative estimate of drug-likeness (QED) is 0.175. The smallest absolute Gasteiger partial charge is 0.287 e. The van der Waals surface area contributed by atoms with Gasteiger partial charge in [0, 0.05) is 11.1 Å². The molecule has 0 aliphatic carbocycles. The first-order valence-corrected chi connectivity index (χ1v) is 14.2. The molecule has 0 amide bonds. The number of nitrogens with zero attached hydrogens (tertiary/aromatic N) is 9. The summed E-state index contributed by atoms with van der Waals surface area (Å²) in [6.07, 6.45) is 2.58. The minimum atomic E-state index is -1.05. The molecule has 14 nitrogen and oxygen atoms in total. The fourth-order valence-corrected chi connectivity index (χ4v) is 4.52. The van der Waals surface area contributed by atoms with Crippen LogP contribution in [0.4, 0.5) is 32.2 Å². The Hall–Kier alpha value is -7.17. The van der Waals surface area contributed by atoms with Crippen LogP contribution < -0.4 is 11.1 Å². The fourth-order valence-electron chi connectivity index (χ4n) is 4.52. The number of benzene rings is 2. The molecule has 0 unspecified atom stereocenters. The summed E-state index contributed by atoms with van der Waals surface area (Å²) >= 11 is 0. The van der Waals surface area contributed by atoms with Gasteiger partial charge in [-0.15, -0.1) is 0 Å². The van der Waals surface area contributed by atoms with Gasteiger partial charge in [0.05, 0.1) is 18.9 Å². The third-order valence-corrected chi connectivity index (χ3v) is 6.90. The average Bonchev–Trinajstić information content (AvgIpc) is 3.88. The minimum absolute atomic E-state index is 0.00936. The number of rotatable bonds is 7. The zero-order valence-corrected chi connectivity index (χ0v) is 25.3. The van der Waals surface area contributed by atoms with Crippen LogP contribution in [0, 0.1) is 41.5 Å². The predicted molar refractivity (Wildman–Crippen MR) is 163 cm³/mol. The monoisotopic (exact) mass is 705 g/mol. The van der Waals surface area contributed by atoms with E-state index in [4.69, 9.17) is 11.1 Å². The van der Waals surface area contributed by atoms with Crippen LogP contribution in [-0.2, 0) is 13.1 Å². The predicted octanol–water partition coefficient (Wildman–Crippen LogP) is 4.80. The largest absolute Gasteiger partial charge is 0.362 e. The van der Waals surface area contributed by atoms with Gasteiger partial charge in [-0.3, -0.25) is 14.3 Å². The van der Waals surface area contributed by atoms with Crippen LogP contribution in [0.25, 0.3) is 39.4 Å². The van der Waals surface area contributed by atoms with E-state index >= 15 is 0 Å². The van der Waals surface area contributed by atoms with E-state index in [1.807, 2.05) is 0 Å². The van der Waals surface area contributed by atoms with Crippen molar-refractivity contribution in [2.45, 2.75) is 13.1 Å². The summed E-state index contributed by atoms with van der Waals surface area (Å²) in [5.74, 6) is -4.47. The highest BCUT2D eigenvalue weighted by molar-refractivity contribution is 5.60. The molecule has 0 fully saturated rings. The first-order valence-electron chi connectivity index (χ1n) is 14.2. The van der Waals surface area contributed by atoms with E-state index in [0.717, 1.165) is 59.9 Å². The van der Waals surface area contributed by atoms with Gasteiger partial charge in [-0.2, -0.15) is 23.5 Å². The molecule has 7 rings (SSSR count). The lowest BCUT2D eigenvalue weighted by Gasteiger charge is -2.06. The molecule has 0 atom stereocenters. The Balaban J connectivity index is 0.000000177. The molecule has 0 aliphatic rings. The molecule has 0 saturated carbocycles. The molecule has 0 spiro atoms. The summed E-state index contributed by atoms with van der Waals surface area (Å²) in [7, 11) is 0. The fraction of sp³-hybridized carbons (Fsp3) is 0.0645. The van der Waals surface area contributed by atoms with E-state index < -0.39 is 46.0 Å². The molecular formula is C31H17F6N11O3. The van der Waals surface area contributed by atoms with Crippen LogP contribution >= 0.6 is 0 Å². The van der Waals surface area contributed by atoms with Crippen LogP contribution in [0.5, 0.6) is 0 Å². The van der Waals surface area contributed by atoms with Crippen molar-refractivity contribution in [2.75, 3.05) is 0 Å². The number of aromatic nitrogens is 10. The highest BCUT2D eigenvalue weighted by Gasteiger charge is 2.19. The van der Waals surface area contributed by atoms with Crippen molar-refractivity contribution in [2.24, 2.45) is 0 Å². The van der Waals surface area contributed by atoms with Crippen molar-refractivity contribution < 1.29 is 30.9 Å². The SMILES string of the molecule is O=c1[nH]c(-c2cc(-c3ncon3)n(Cc3cc(F)ccc3F)n2)ncc1F.[C-]#[N+]c1cc(-c2ncc(F)c(=O)[nH]2)nn1Cc1cc(F)ccc1F. The van der Waals surface area contributed by atoms with Crippen LogP contribution in [0.3, 0.4) is 0 Å². The molecule has 0 aliphatic heterocycles. The Kier molecular flexibility index (Phi) is 9.34. The Labute approximate surface area is 279 Å². The molecule has 5 aromatic heterocycles. The van der Waals surface area contributed by atoms with Crippen molar-refractivity contribution >= 4 is 5.82 Å². The molecule has 2 aromatic carbocycles. The van der Waals surface area contributed by atoms with E-state index in [-0.39, 0.29) is 58.9 Å². The van der Waals surface area contributed by atoms with E-state index in [1.54, 1.807) is 0 Å². The topological polar surface area (TPSA) is 170 Å². The number of aromatic amines is 2. The van der Waals surface area contributed by atoms with Crippen molar-refractivity contribution in [3.63, 3.8) is 0 Å². The second-order valence-electron chi connectivity index (χ2n) is 10.3. The van der Waals surface area contributed by atoms with Gasteiger partial charge in [0.15, 0.2) is 11.6 Å². The Morgan fingerprint density at radius 3 is 1.73 bits per heavy atom. The molecule has 0 saturated heterocycles. The van der Waals surface area contributed by atoms with Gasteiger partial charge < -0.3 is 19.3 Å². The number of halogens is 6. The molecule has 7 aromatic rings. The lowest BCUT2D eigenvalue weighted by Crippen LogP contribution is -2.12. The molecule has 51 heavy (non-hydrogen) atoms. The van der Waals surface area contributed by atoms with E-state index in [2.05, 4.69) is 45.1 Å². The lowest BCUT2D eigenvalue weighted by atomic mass is 10.2. The maximum Gasteiger partial charge on any atom is 0.287 e. The molecule has 0 bridgehead atoms. The third kappa shape index (κ3) is 7.46. The van der Waals surface area contributed by atoms with Gasteiger partial charge in [-0.1, -0.05) is 16.8 Å². The zero-order chi connectivity index (χ0) is 36.2. The first-order chi connectivity index (χ1) is 24.5. The zero-order valence-electron chi connectivity index (χ0n) is 25.3. The summed E-state index contributed by atoms with van der Waals surface area (Å²) < 4.78 is 87.7. The second-order valence-corrected chi connectivity index (χ2v) is 10.3. The standard InChI is InChI=1S/C16H9F3N6O2.C15H8F3N5O/c17-9-1-2-10(18)8(3-9)6-25-13(15-21-7-27-24-15)4-12(23-25)14-20-5-11(19)16(26)22-14;1-19-13-5-12(14-20-6-11(18)15(24)21-14)22-23(13)7-8-4-9(16)2-3-10(8)17/h1-5,7H,6H2,(H,20,22,26);2-6H,7H2,(H,20,21,24). The summed E-state index contributed by atoms with van der Waals surface area (Å²) in [6.45, 7) is 6.80. The molecule has 256 valence electrons. The van der Waals surface area contributed by atoms with E-state index in [0.29, 0.717) is 5.69 Å². The Bertz CT molecular complexity index is 2540. The van der Waals surface area contributed by atoms with E-state index in [1.165, 1.54) is 16.8 Å². The van der Waals surface area contributed by atoms with E-state index in [9.17, 15) is 35.9 Å². The number of nitrogens with one attached hydrogen (secondary N) is 2. The summed E-state index contributed by atoms with van der Waals surface area (Å²) in [5, 5.41) is 12.0. The van der Waals surface area contributed by atoms with Gasteiger partial charge in [0.25, 0.3) is 16.9 Å². The van der Waals surface area contributed by atoms with Gasteiger partial charge in [0.1, 0.15) is 46.9 Å². The number of H-pyrrole nitrogens is 2. The Morgan fingerprint density at radius 2 is 1.22 bits per heavy atom. The summed E-state index contributed by atoms with van der Waals surface area (Å²) in [4.78, 5) is 41.8. The summed E-state index contributed by atoms with van der Waals surface area (Å²) in [6, 6.07) is 8.76. The van der Waals surface area contributed by atoms with Gasteiger partial charge in [-0.05, 0) is 48.5 Å². The maximum absolute atomic E-state index is 14.0. The van der Waals surface area contributed by atoms with Gasteiger partial charge >= 0.3 is 0 Å². The maximum atomic E-state index is 14.0. The van der Waals surface area contributed by atoms with Gasteiger partial charge in [-0.25, -0.2) is 27.5 Å². The molecule has 20 heteroatoms. The second kappa shape index (κ2) is 14.1. The molecule has 0 radical (unpaired) electrons.